The minimum Gasteiger partial charge on any atom is -0.478 e. The zero-order valence-corrected chi connectivity index (χ0v) is 16.9. The number of rotatable bonds is 5. The molecule has 1 fully saturated rings. The molecule has 0 spiro atoms. The molecule has 1 aliphatic heterocycles. The molecule has 0 radical (unpaired) electrons. The standard InChI is InChI=1S/C21H23FN6O2/c1-15(30-18-6-4-3-5-17(18)22)21(29)27-13-11-26(12-14-27)19-7-8-20(25-24-19)28-10-9-23-16(28)2/h3-10,15H,11-14H2,1-2H3. The summed E-state index contributed by atoms with van der Waals surface area (Å²) in [6.07, 6.45) is 2.80. The van der Waals surface area contributed by atoms with E-state index in [1.165, 1.54) is 12.1 Å². The Bertz CT molecular complexity index is 1010. The van der Waals surface area contributed by atoms with E-state index in [1.54, 1.807) is 30.2 Å². The van der Waals surface area contributed by atoms with Gasteiger partial charge in [0.15, 0.2) is 29.3 Å². The lowest BCUT2D eigenvalue weighted by Gasteiger charge is -2.36. The molecule has 1 atom stereocenters. The van der Waals surface area contributed by atoms with Crippen molar-refractivity contribution in [2.24, 2.45) is 0 Å². The lowest BCUT2D eigenvalue weighted by atomic mass is 10.2. The van der Waals surface area contributed by atoms with Crippen LogP contribution in [0.2, 0.25) is 0 Å². The second-order valence-electron chi connectivity index (χ2n) is 7.10. The Labute approximate surface area is 173 Å². The Morgan fingerprint density at radius 1 is 1.07 bits per heavy atom. The number of hydrogen-bond acceptors (Lipinski definition) is 6. The molecule has 0 bridgehead atoms. The molecule has 1 aromatic carbocycles. The number of anilines is 1. The summed E-state index contributed by atoms with van der Waals surface area (Å²) in [5.74, 6) is 1.77. The van der Waals surface area contributed by atoms with Crippen LogP contribution in [0.25, 0.3) is 5.82 Å². The number of amides is 1. The summed E-state index contributed by atoms with van der Waals surface area (Å²) >= 11 is 0. The molecule has 3 aromatic rings. The first kappa shape index (κ1) is 19.8. The summed E-state index contributed by atoms with van der Waals surface area (Å²) in [4.78, 5) is 20.7. The Morgan fingerprint density at radius 3 is 2.40 bits per heavy atom. The number of ether oxygens (including phenoxy) is 1. The number of halogens is 1. The number of para-hydroxylation sites is 1. The summed E-state index contributed by atoms with van der Waals surface area (Å²) in [5.41, 5.74) is 0. The molecule has 1 saturated heterocycles. The molecule has 156 valence electrons. The Kier molecular flexibility index (Phi) is 5.60. The Balaban J connectivity index is 1.34. The fraction of sp³-hybridized carbons (Fsp3) is 0.333. The predicted octanol–water partition coefficient (Wildman–Crippen LogP) is 2.23. The Hall–Kier alpha value is -3.49. The molecule has 8 nitrogen and oxygen atoms in total. The average molecular weight is 410 g/mol. The highest BCUT2D eigenvalue weighted by Gasteiger charge is 2.27. The largest absolute Gasteiger partial charge is 0.478 e. The molecule has 0 N–H and O–H groups in total. The van der Waals surface area contributed by atoms with Crippen molar-refractivity contribution in [1.29, 1.82) is 0 Å². The maximum atomic E-state index is 13.8. The first-order chi connectivity index (χ1) is 14.5. The third-order valence-corrected chi connectivity index (χ3v) is 5.11. The molecule has 1 unspecified atom stereocenters. The topological polar surface area (TPSA) is 76.4 Å². The molecule has 9 heteroatoms. The van der Waals surface area contributed by atoms with Crippen LogP contribution in [-0.2, 0) is 4.79 Å². The third-order valence-electron chi connectivity index (χ3n) is 5.11. The van der Waals surface area contributed by atoms with E-state index in [1.807, 2.05) is 29.8 Å². The van der Waals surface area contributed by atoms with Crippen LogP contribution in [0.5, 0.6) is 5.75 Å². The zero-order chi connectivity index (χ0) is 21.1. The van der Waals surface area contributed by atoms with E-state index >= 15 is 0 Å². The van der Waals surface area contributed by atoms with Crippen LogP contribution >= 0.6 is 0 Å². The molecule has 1 amide bonds. The van der Waals surface area contributed by atoms with E-state index in [0.29, 0.717) is 32.0 Å². The number of nitrogens with zero attached hydrogens (tertiary/aromatic N) is 6. The van der Waals surface area contributed by atoms with Gasteiger partial charge in [0.1, 0.15) is 5.82 Å². The molecule has 1 aliphatic rings. The highest BCUT2D eigenvalue weighted by molar-refractivity contribution is 5.81. The number of aryl methyl sites for hydroxylation is 1. The van der Waals surface area contributed by atoms with Gasteiger partial charge in [-0.2, -0.15) is 0 Å². The molecule has 0 aliphatic carbocycles. The minimum absolute atomic E-state index is 0.0838. The second-order valence-corrected chi connectivity index (χ2v) is 7.10. The maximum Gasteiger partial charge on any atom is 0.263 e. The molecule has 3 heterocycles. The van der Waals surface area contributed by atoms with Gasteiger partial charge < -0.3 is 14.5 Å². The highest BCUT2D eigenvalue weighted by atomic mass is 19.1. The van der Waals surface area contributed by atoms with Crippen LogP contribution in [0, 0.1) is 12.7 Å². The van der Waals surface area contributed by atoms with Crippen molar-refractivity contribution >= 4 is 11.7 Å². The van der Waals surface area contributed by atoms with Crippen LogP contribution in [0.4, 0.5) is 10.2 Å². The van der Waals surface area contributed by atoms with Gasteiger partial charge in [0.05, 0.1) is 0 Å². The number of carbonyl (C=O) groups is 1. The zero-order valence-electron chi connectivity index (χ0n) is 16.9. The molecule has 4 rings (SSSR count). The predicted molar refractivity (Wildman–Crippen MR) is 109 cm³/mol. The number of imidazole rings is 1. The molecule has 2 aromatic heterocycles. The van der Waals surface area contributed by atoms with Gasteiger partial charge in [0.25, 0.3) is 5.91 Å². The van der Waals surface area contributed by atoms with Gasteiger partial charge in [-0.1, -0.05) is 12.1 Å². The van der Waals surface area contributed by atoms with Crippen LogP contribution < -0.4 is 9.64 Å². The van der Waals surface area contributed by atoms with Gasteiger partial charge >= 0.3 is 0 Å². The summed E-state index contributed by atoms with van der Waals surface area (Å²) in [6.45, 7) is 5.89. The molecular weight excluding hydrogens is 387 g/mol. The van der Waals surface area contributed by atoms with Gasteiger partial charge in [0.2, 0.25) is 0 Å². The van der Waals surface area contributed by atoms with Crippen molar-refractivity contribution in [2.75, 3.05) is 31.1 Å². The fourth-order valence-corrected chi connectivity index (χ4v) is 3.43. The van der Waals surface area contributed by atoms with Crippen molar-refractivity contribution in [2.45, 2.75) is 20.0 Å². The van der Waals surface area contributed by atoms with E-state index in [4.69, 9.17) is 4.74 Å². The van der Waals surface area contributed by atoms with Gasteiger partial charge in [-0.15, -0.1) is 10.2 Å². The van der Waals surface area contributed by atoms with E-state index in [0.717, 1.165) is 11.6 Å². The second kappa shape index (κ2) is 8.48. The number of carbonyl (C=O) groups excluding carboxylic acids is 1. The number of hydrogen-bond donors (Lipinski definition) is 0. The highest BCUT2D eigenvalue weighted by Crippen LogP contribution is 2.19. The maximum absolute atomic E-state index is 13.8. The van der Waals surface area contributed by atoms with Gasteiger partial charge in [-0.25, -0.2) is 9.37 Å². The smallest absolute Gasteiger partial charge is 0.263 e. The number of aromatic nitrogens is 4. The first-order valence-corrected chi connectivity index (χ1v) is 9.82. The van der Waals surface area contributed by atoms with Gasteiger partial charge in [-0.05, 0) is 38.1 Å². The fourth-order valence-electron chi connectivity index (χ4n) is 3.43. The van der Waals surface area contributed by atoms with Crippen LogP contribution in [0.3, 0.4) is 0 Å². The van der Waals surface area contributed by atoms with E-state index in [-0.39, 0.29) is 11.7 Å². The molecular formula is C21H23FN6O2. The van der Waals surface area contributed by atoms with Crippen molar-refractivity contribution in [1.82, 2.24) is 24.6 Å². The van der Waals surface area contributed by atoms with Crippen molar-refractivity contribution in [3.8, 4) is 11.6 Å². The summed E-state index contributed by atoms with van der Waals surface area (Å²) in [5, 5.41) is 8.62. The van der Waals surface area contributed by atoms with Crippen LogP contribution in [-0.4, -0.2) is 62.8 Å². The third kappa shape index (κ3) is 4.10. The van der Waals surface area contributed by atoms with Crippen molar-refractivity contribution in [3.63, 3.8) is 0 Å². The van der Waals surface area contributed by atoms with E-state index < -0.39 is 11.9 Å². The first-order valence-electron chi connectivity index (χ1n) is 9.82. The summed E-state index contributed by atoms with van der Waals surface area (Å²) in [7, 11) is 0. The molecule has 30 heavy (non-hydrogen) atoms. The molecule has 0 saturated carbocycles. The minimum atomic E-state index is -0.758. The number of piperazine rings is 1. The van der Waals surface area contributed by atoms with Crippen LogP contribution in [0.1, 0.15) is 12.7 Å². The van der Waals surface area contributed by atoms with E-state index in [2.05, 4.69) is 20.1 Å². The van der Waals surface area contributed by atoms with Gasteiger partial charge in [0, 0.05) is 38.6 Å². The lowest BCUT2D eigenvalue weighted by Crippen LogP contribution is -2.52. The Morgan fingerprint density at radius 2 is 1.77 bits per heavy atom. The summed E-state index contributed by atoms with van der Waals surface area (Å²) in [6, 6.07) is 9.91. The average Bonchev–Trinajstić information content (AvgIpc) is 3.21. The van der Waals surface area contributed by atoms with E-state index in [9.17, 15) is 9.18 Å². The number of benzene rings is 1. The lowest BCUT2D eigenvalue weighted by molar-refractivity contribution is -0.138. The van der Waals surface area contributed by atoms with Crippen molar-refractivity contribution in [3.05, 3.63) is 60.4 Å². The SMILES string of the molecule is Cc1nccn1-c1ccc(N2CCN(C(=O)C(C)Oc3ccccc3F)CC2)nn1. The van der Waals surface area contributed by atoms with Gasteiger partial charge in [-0.3, -0.25) is 9.36 Å². The quantitative estimate of drug-likeness (QED) is 0.642. The van der Waals surface area contributed by atoms with Crippen LogP contribution in [0.15, 0.2) is 48.8 Å². The van der Waals surface area contributed by atoms with Crippen molar-refractivity contribution < 1.29 is 13.9 Å². The normalized spacial score (nSPS) is 15.2. The monoisotopic (exact) mass is 410 g/mol. The summed E-state index contributed by atoms with van der Waals surface area (Å²) < 4.78 is 21.1.